The van der Waals surface area contributed by atoms with Gasteiger partial charge < -0.3 is 14.3 Å². The monoisotopic (exact) mass is 400 g/mol. The van der Waals surface area contributed by atoms with E-state index in [0.29, 0.717) is 49.6 Å². The fourth-order valence-electron chi connectivity index (χ4n) is 2.82. The molecule has 0 bridgehead atoms. The molecule has 1 aromatic carbocycles. The summed E-state index contributed by atoms with van der Waals surface area (Å²) in [5.41, 5.74) is 1.49. The van der Waals surface area contributed by atoms with E-state index >= 15 is 0 Å². The Morgan fingerprint density at radius 1 is 1.10 bits per heavy atom. The molecule has 2 amide bonds. The number of hydrogen-bond acceptors (Lipinski definition) is 5. The fourth-order valence-corrected chi connectivity index (χ4v) is 2.82. The second-order valence-electron chi connectivity index (χ2n) is 8.42. The number of rotatable bonds is 8. The molecular formula is C22H32N4O3. The van der Waals surface area contributed by atoms with Crippen LogP contribution in [0.15, 0.2) is 28.8 Å². The summed E-state index contributed by atoms with van der Waals surface area (Å²) in [6.45, 7) is 9.23. The lowest BCUT2D eigenvalue weighted by Gasteiger charge is -2.21. The number of nitrogens with zero attached hydrogens (tertiary/aromatic N) is 4. The van der Waals surface area contributed by atoms with E-state index in [0.717, 1.165) is 5.56 Å². The molecule has 0 aliphatic carbocycles. The lowest BCUT2D eigenvalue weighted by atomic mass is 9.96. The largest absolute Gasteiger partial charge is 0.345 e. The van der Waals surface area contributed by atoms with Crippen molar-refractivity contribution in [3.8, 4) is 0 Å². The van der Waals surface area contributed by atoms with E-state index < -0.39 is 0 Å². The van der Waals surface area contributed by atoms with E-state index in [1.807, 2.05) is 44.7 Å². The van der Waals surface area contributed by atoms with Gasteiger partial charge in [0.25, 0.3) is 5.91 Å². The van der Waals surface area contributed by atoms with E-state index in [1.165, 1.54) is 0 Å². The number of aryl methyl sites for hydroxylation is 1. The van der Waals surface area contributed by atoms with Crippen molar-refractivity contribution in [1.82, 2.24) is 19.9 Å². The minimum Gasteiger partial charge on any atom is -0.345 e. The third-order valence-electron chi connectivity index (χ3n) is 4.64. The van der Waals surface area contributed by atoms with E-state index in [9.17, 15) is 9.59 Å². The summed E-state index contributed by atoms with van der Waals surface area (Å²) in [5.74, 6) is 1.32. The van der Waals surface area contributed by atoms with Crippen molar-refractivity contribution in [1.29, 1.82) is 0 Å². The van der Waals surface area contributed by atoms with Crippen molar-refractivity contribution in [3.05, 3.63) is 47.1 Å². The molecule has 158 valence electrons. The first-order chi connectivity index (χ1) is 13.6. The second-order valence-corrected chi connectivity index (χ2v) is 8.42. The van der Waals surface area contributed by atoms with E-state index in [1.54, 1.807) is 31.1 Å². The van der Waals surface area contributed by atoms with Crippen LogP contribution < -0.4 is 0 Å². The van der Waals surface area contributed by atoms with Crippen molar-refractivity contribution in [2.75, 3.05) is 20.6 Å². The number of aromatic nitrogens is 2. The van der Waals surface area contributed by atoms with E-state index in [-0.39, 0.29) is 17.2 Å². The Morgan fingerprint density at radius 2 is 1.76 bits per heavy atom. The predicted molar refractivity (Wildman–Crippen MR) is 111 cm³/mol. The summed E-state index contributed by atoms with van der Waals surface area (Å²) in [4.78, 5) is 32.3. The number of benzene rings is 1. The topological polar surface area (TPSA) is 79.5 Å². The zero-order chi connectivity index (χ0) is 21.6. The Bertz CT molecular complexity index is 819. The van der Waals surface area contributed by atoms with Crippen LogP contribution in [0.4, 0.5) is 0 Å². The van der Waals surface area contributed by atoms with Gasteiger partial charge in [-0.3, -0.25) is 9.59 Å². The van der Waals surface area contributed by atoms with Crippen LogP contribution in [0.3, 0.4) is 0 Å². The van der Waals surface area contributed by atoms with Gasteiger partial charge in [-0.2, -0.15) is 4.98 Å². The summed E-state index contributed by atoms with van der Waals surface area (Å²) in [7, 11) is 3.46. The predicted octanol–water partition coefficient (Wildman–Crippen LogP) is 3.44. The number of hydrogen-bond donors (Lipinski definition) is 0. The van der Waals surface area contributed by atoms with Gasteiger partial charge in [0.2, 0.25) is 11.8 Å². The normalized spacial score (nSPS) is 11.4. The summed E-state index contributed by atoms with van der Waals surface area (Å²) in [5, 5.41) is 4.01. The van der Waals surface area contributed by atoms with E-state index in [2.05, 4.69) is 10.1 Å². The summed E-state index contributed by atoms with van der Waals surface area (Å²) in [6, 6.07) is 7.41. The van der Waals surface area contributed by atoms with E-state index in [4.69, 9.17) is 4.52 Å². The quantitative estimate of drug-likeness (QED) is 0.678. The van der Waals surface area contributed by atoms with Gasteiger partial charge in [-0.15, -0.1) is 0 Å². The number of amides is 2. The number of carbonyl (C=O) groups is 2. The molecule has 0 spiro atoms. The molecule has 0 unspecified atom stereocenters. The summed E-state index contributed by atoms with van der Waals surface area (Å²) >= 11 is 0. The summed E-state index contributed by atoms with van der Waals surface area (Å²) < 4.78 is 5.29. The van der Waals surface area contributed by atoms with Crippen LogP contribution >= 0.6 is 0 Å². The smallest absolute Gasteiger partial charge is 0.253 e. The molecule has 2 aromatic rings. The first-order valence-electron chi connectivity index (χ1n) is 10.0. The molecule has 0 saturated heterocycles. The van der Waals surface area contributed by atoms with Crippen molar-refractivity contribution < 1.29 is 14.1 Å². The standard InChI is InChI=1S/C22H32N4O3/c1-7-26(15-16-11-13-17(14-12-16)20(28)25(5)6)19(27)10-8-9-18-23-21(24-29-18)22(2,3)4/h11-14H,7-10,15H2,1-6H3. The lowest BCUT2D eigenvalue weighted by Crippen LogP contribution is -2.30. The second kappa shape index (κ2) is 9.67. The molecule has 0 aliphatic rings. The van der Waals surface area contributed by atoms with Crippen LogP contribution in [0.1, 0.15) is 68.2 Å². The molecule has 0 fully saturated rings. The average molecular weight is 401 g/mol. The molecule has 7 heteroatoms. The van der Waals surface area contributed by atoms with Gasteiger partial charge >= 0.3 is 0 Å². The zero-order valence-corrected chi connectivity index (χ0v) is 18.4. The van der Waals surface area contributed by atoms with Gasteiger partial charge in [-0.05, 0) is 31.0 Å². The van der Waals surface area contributed by atoms with Crippen LogP contribution in [-0.4, -0.2) is 52.4 Å². The molecule has 0 radical (unpaired) electrons. The molecule has 1 heterocycles. The number of carbonyl (C=O) groups excluding carboxylic acids is 2. The van der Waals surface area contributed by atoms with Gasteiger partial charge in [-0.1, -0.05) is 38.1 Å². The van der Waals surface area contributed by atoms with Gasteiger partial charge in [0.1, 0.15) is 0 Å². The average Bonchev–Trinajstić information content (AvgIpc) is 3.15. The van der Waals surface area contributed by atoms with Crippen LogP contribution in [0.2, 0.25) is 0 Å². The molecule has 2 rings (SSSR count). The van der Waals surface area contributed by atoms with Gasteiger partial charge in [-0.25, -0.2) is 0 Å². The van der Waals surface area contributed by atoms with Crippen LogP contribution in [0.5, 0.6) is 0 Å². The summed E-state index contributed by atoms with van der Waals surface area (Å²) in [6.07, 6.45) is 1.68. The highest BCUT2D eigenvalue weighted by atomic mass is 16.5. The van der Waals surface area contributed by atoms with Crippen molar-refractivity contribution >= 4 is 11.8 Å². The maximum Gasteiger partial charge on any atom is 0.253 e. The Hall–Kier alpha value is -2.70. The minimum atomic E-state index is -0.150. The van der Waals surface area contributed by atoms with Crippen molar-refractivity contribution in [2.24, 2.45) is 0 Å². The maximum absolute atomic E-state index is 12.6. The van der Waals surface area contributed by atoms with Crippen LogP contribution in [0.25, 0.3) is 0 Å². The van der Waals surface area contributed by atoms with Crippen molar-refractivity contribution in [3.63, 3.8) is 0 Å². The molecule has 7 nitrogen and oxygen atoms in total. The molecule has 0 aliphatic heterocycles. The maximum atomic E-state index is 12.6. The molecule has 0 N–H and O–H groups in total. The SMILES string of the molecule is CCN(Cc1ccc(C(=O)N(C)C)cc1)C(=O)CCCc1nc(C(C)(C)C)no1. The first kappa shape index (κ1) is 22.6. The molecule has 0 atom stereocenters. The Morgan fingerprint density at radius 3 is 2.28 bits per heavy atom. The van der Waals surface area contributed by atoms with Crippen LogP contribution in [0, 0.1) is 0 Å². The van der Waals surface area contributed by atoms with Gasteiger partial charge in [0, 0.05) is 51.0 Å². The highest BCUT2D eigenvalue weighted by molar-refractivity contribution is 5.93. The highest BCUT2D eigenvalue weighted by Gasteiger charge is 2.21. The first-order valence-corrected chi connectivity index (χ1v) is 10.0. The molecule has 0 saturated carbocycles. The van der Waals surface area contributed by atoms with Gasteiger partial charge in [0.05, 0.1) is 0 Å². The fraction of sp³-hybridized carbons (Fsp3) is 0.545. The molecular weight excluding hydrogens is 368 g/mol. The minimum absolute atomic E-state index is 0.0318. The molecule has 29 heavy (non-hydrogen) atoms. The Balaban J connectivity index is 1.87. The van der Waals surface area contributed by atoms with Gasteiger partial charge in [0.15, 0.2) is 5.82 Å². The Kier molecular flexibility index (Phi) is 7.53. The third kappa shape index (κ3) is 6.41. The zero-order valence-electron chi connectivity index (χ0n) is 18.4. The molecule has 1 aromatic heterocycles. The third-order valence-corrected chi connectivity index (χ3v) is 4.64. The van der Waals surface area contributed by atoms with Crippen molar-refractivity contribution in [2.45, 2.75) is 58.9 Å². The lowest BCUT2D eigenvalue weighted by molar-refractivity contribution is -0.131. The van der Waals surface area contributed by atoms with Crippen LogP contribution in [-0.2, 0) is 23.2 Å². The highest BCUT2D eigenvalue weighted by Crippen LogP contribution is 2.19. The Labute approximate surface area is 173 Å².